The Labute approximate surface area is 169 Å². The lowest BCUT2D eigenvalue weighted by Crippen LogP contribution is -2.43. The first kappa shape index (κ1) is 22.2. The highest BCUT2D eigenvalue weighted by molar-refractivity contribution is 14.0. The normalized spacial score (nSPS) is 16.8. The first-order valence-corrected chi connectivity index (χ1v) is 9.17. The Morgan fingerprint density at radius 2 is 1.96 bits per heavy atom. The summed E-state index contributed by atoms with van der Waals surface area (Å²) in [6, 6.07) is 11.0. The molecule has 2 N–H and O–H groups in total. The number of aliphatic imine (C=N–C) groups is 1. The molecule has 1 aliphatic heterocycles. The molecular formula is C19H33IN4O. The van der Waals surface area contributed by atoms with Gasteiger partial charge in [-0.3, -0.25) is 9.89 Å². The lowest BCUT2D eigenvalue weighted by molar-refractivity contribution is 0.0394. The van der Waals surface area contributed by atoms with Crippen molar-refractivity contribution in [3.05, 3.63) is 35.9 Å². The molecule has 142 valence electrons. The summed E-state index contributed by atoms with van der Waals surface area (Å²) >= 11 is 0. The predicted octanol–water partition coefficient (Wildman–Crippen LogP) is 2.51. The number of rotatable bonds is 8. The van der Waals surface area contributed by atoms with Crippen molar-refractivity contribution in [3.8, 4) is 0 Å². The SMILES string of the molecule is CCNC(=NCCN1CCOCC1)NC(C)CCc1ccccc1.I. The topological polar surface area (TPSA) is 48.9 Å². The molecule has 0 aromatic heterocycles. The molecule has 1 heterocycles. The fourth-order valence-electron chi connectivity index (χ4n) is 2.78. The van der Waals surface area contributed by atoms with Gasteiger partial charge in [0.15, 0.2) is 5.96 Å². The van der Waals surface area contributed by atoms with Gasteiger partial charge >= 0.3 is 0 Å². The molecule has 5 nitrogen and oxygen atoms in total. The van der Waals surface area contributed by atoms with Gasteiger partial charge in [0.25, 0.3) is 0 Å². The summed E-state index contributed by atoms with van der Waals surface area (Å²) in [4.78, 5) is 7.13. The highest BCUT2D eigenvalue weighted by Crippen LogP contribution is 2.04. The van der Waals surface area contributed by atoms with Crippen molar-refractivity contribution in [2.75, 3.05) is 45.9 Å². The summed E-state index contributed by atoms with van der Waals surface area (Å²) in [6.07, 6.45) is 2.18. The second-order valence-corrected chi connectivity index (χ2v) is 6.28. The summed E-state index contributed by atoms with van der Waals surface area (Å²) in [6.45, 7) is 10.8. The van der Waals surface area contributed by atoms with Gasteiger partial charge in [0.05, 0.1) is 19.8 Å². The second-order valence-electron chi connectivity index (χ2n) is 6.28. The number of halogens is 1. The van der Waals surface area contributed by atoms with E-state index in [0.29, 0.717) is 6.04 Å². The summed E-state index contributed by atoms with van der Waals surface area (Å²) in [5.41, 5.74) is 1.39. The van der Waals surface area contributed by atoms with Gasteiger partial charge in [-0.15, -0.1) is 24.0 Å². The monoisotopic (exact) mass is 460 g/mol. The maximum absolute atomic E-state index is 5.38. The van der Waals surface area contributed by atoms with Crippen LogP contribution in [0.2, 0.25) is 0 Å². The number of benzene rings is 1. The average molecular weight is 460 g/mol. The highest BCUT2D eigenvalue weighted by Gasteiger charge is 2.10. The molecule has 0 bridgehead atoms. The van der Waals surface area contributed by atoms with Crippen molar-refractivity contribution in [3.63, 3.8) is 0 Å². The van der Waals surface area contributed by atoms with Gasteiger partial charge in [0, 0.05) is 32.2 Å². The van der Waals surface area contributed by atoms with Crippen molar-refractivity contribution in [2.45, 2.75) is 32.7 Å². The molecule has 0 amide bonds. The molecule has 1 aromatic rings. The van der Waals surface area contributed by atoms with Crippen LogP contribution in [-0.4, -0.2) is 62.8 Å². The van der Waals surface area contributed by atoms with E-state index < -0.39 is 0 Å². The minimum absolute atomic E-state index is 0. The Morgan fingerprint density at radius 1 is 1.24 bits per heavy atom. The van der Waals surface area contributed by atoms with E-state index in [9.17, 15) is 0 Å². The van der Waals surface area contributed by atoms with Crippen LogP contribution in [0, 0.1) is 0 Å². The van der Waals surface area contributed by atoms with E-state index >= 15 is 0 Å². The van der Waals surface area contributed by atoms with Crippen LogP contribution in [0.15, 0.2) is 35.3 Å². The zero-order chi connectivity index (χ0) is 17.0. The van der Waals surface area contributed by atoms with E-state index in [1.165, 1.54) is 5.56 Å². The van der Waals surface area contributed by atoms with E-state index in [-0.39, 0.29) is 24.0 Å². The van der Waals surface area contributed by atoms with Crippen molar-refractivity contribution in [1.82, 2.24) is 15.5 Å². The third kappa shape index (κ3) is 9.42. The Morgan fingerprint density at radius 3 is 2.64 bits per heavy atom. The molecule has 1 unspecified atom stereocenters. The molecule has 25 heavy (non-hydrogen) atoms. The first-order valence-electron chi connectivity index (χ1n) is 9.17. The van der Waals surface area contributed by atoms with Crippen LogP contribution in [0.5, 0.6) is 0 Å². The lowest BCUT2D eigenvalue weighted by Gasteiger charge is -2.26. The van der Waals surface area contributed by atoms with Crippen molar-refractivity contribution in [1.29, 1.82) is 0 Å². The molecule has 2 rings (SSSR count). The summed E-state index contributed by atoms with van der Waals surface area (Å²) in [7, 11) is 0. The van der Waals surface area contributed by atoms with E-state index in [1.54, 1.807) is 0 Å². The second kappa shape index (κ2) is 13.4. The number of hydrogen-bond acceptors (Lipinski definition) is 3. The van der Waals surface area contributed by atoms with Crippen LogP contribution < -0.4 is 10.6 Å². The van der Waals surface area contributed by atoms with Crippen LogP contribution in [0.25, 0.3) is 0 Å². The summed E-state index contributed by atoms with van der Waals surface area (Å²) in [5.74, 6) is 0.923. The van der Waals surface area contributed by atoms with Crippen molar-refractivity contribution in [2.24, 2.45) is 4.99 Å². The van der Waals surface area contributed by atoms with Crippen LogP contribution in [-0.2, 0) is 11.2 Å². The molecule has 1 atom stereocenters. The standard InChI is InChI=1S/C19H32N4O.HI/c1-3-20-19(21-11-12-23-13-15-24-16-14-23)22-17(2)9-10-18-7-5-4-6-8-18;/h4-8,17H,3,9-16H2,1-2H3,(H2,20,21,22);1H. The number of guanidine groups is 1. The van der Waals surface area contributed by atoms with E-state index in [2.05, 4.69) is 59.7 Å². The van der Waals surface area contributed by atoms with Crippen LogP contribution in [0.1, 0.15) is 25.8 Å². The minimum atomic E-state index is 0. The van der Waals surface area contributed by atoms with E-state index in [1.807, 2.05) is 0 Å². The third-order valence-electron chi connectivity index (χ3n) is 4.23. The Bertz CT molecular complexity index is 478. The number of hydrogen-bond donors (Lipinski definition) is 2. The zero-order valence-corrected chi connectivity index (χ0v) is 17.9. The molecule has 6 heteroatoms. The Kier molecular flexibility index (Phi) is 11.9. The molecule has 0 spiro atoms. The highest BCUT2D eigenvalue weighted by atomic mass is 127. The molecule has 1 aromatic carbocycles. The van der Waals surface area contributed by atoms with Gasteiger partial charge in [-0.05, 0) is 32.3 Å². The largest absolute Gasteiger partial charge is 0.379 e. The van der Waals surface area contributed by atoms with Gasteiger partial charge in [0.2, 0.25) is 0 Å². The smallest absolute Gasteiger partial charge is 0.191 e. The Balaban J connectivity index is 0.00000312. The number of morpholine rings is 1. The zero-order valence-electron chi connectivity index (χ0n) is 15.5. The average Bonchev–Trinajstić information content (AvgIpc) is 2.62. The van der Waals surface area contributed by atoms with Gasteiger partial charge < -0.3 is 15.4 Å². The number of nitrogens with zero attached hydrogens (tertiary/aromatic N) is 2. The lowest BCUT2D eigenvalue weighted by atomic mass is 10.1. The van der Waals surface area contributed by atoms with E-state index in [4.69, 9.17) is 9.73 Å². The maximum Gasteiger partial charge on any atom is 0.191 e. The Hall–Kier alpha value is -0.860. The first-order chi connectivity index (χ1) is 11.8. The van der Waals surface area contributed by atoms with Gasteiger partial charge in [0.1, 0.15) is 0 Å². The number of nitrogens with one attached hydrogen (secondary N) is 2. The molecule has 0 aliphatic carbocycles. The van der Waals surface area contributed by atoms with Gasteiger partial charge in [-0.1, -0.05) is 30.3 Å². The van der Waals surface area contributed by atoms with Crippen LogP contribution in [0.3, 0.4) is 0 Å². The number of aryl methyl sites for hydroxylation is 1. The maximum atomic E-state index is 5.38. The molecule has 0 saturated carbocycles. The predicted molar refractivity (Wildman–Crippen MR) is 116 cm³/mol. The fraction of sp³-hybridized carbons (Fsp3) is 0.632. The third-order valence-corrected chi connectivity index (χ3v) is 4.23. The molecule has 1 aliphatic rings. The van der Waals surface area contributed by atoms with Crippen molar-refractivity contribution >= 4 is 29.9 Å². The molecule has 1 saturated heterocycles. The van der Waals surface area contributed by atoms with Gasteiger partial charge in [-0.2, -0.15) is 0 Å². The van der Waals surface area contributed by atoms with Gasteiger partial charge in [-0.25, -0.2) is 0 Å². The summed E-state index contributed by atoms with van der Waals surface area (Å²) in [5, 5.41) is 6.87. The molecule has 1 fully saturated rings. The minimum Gasteiger partial charge on any atom is -0.379 e. The number of ether oxygens (including phenoxy) is 1. The van der Waals surface area contributed by atoms with Crippen molar-refractivity contribution < 1.29 is 4.74 Å². The van der Waals surface area contributed by atoms with E-state index in [0.717, 1.165) is 64.7 Å². The molecular weight excluding hydrogens is 427 g/mol. The fourth-order valence-corrected chi connectivity index (χ4v) is 2.78. The summed E-state index contributed by atoms with van der Waals surface area (Å²) < 4.78 is 5.38. The quantitative estimate of drug-likeness (QED) is 0.356. The van der Waals surface area contributed by atoms with Crippen LogP contribution >= 0.6 is 24.0 Å². The van der Waals surface area contributed by atoms with Crippen LogP contribution in [0.4, 0.5) is 0 Å². The molecule has 0 radical (unpaired) electrons.